The van der Waals surface area contributed by atoms with E-state index in [0.717, 1.165) is 32.1 Å². The molecule has 1 aromatic rings. The lowest BCUT2D eigenvalue weighted by Gasteiger charge is -2.30. The Balaban J connectivity index is 0.000000430. The smallest absolute Gasteiger partial charge is 0.410 e. The van der Waals surface area contributed by atoms with Crippen LogP contribution in [0, 0.1) is 16.2 Å². The van der Waals surface area contributed by atoms with Crippen LogP contribution >= 0.6 is 0 Å². The Labute approximate surface area is 377 Å². The highest BCUT2D eigenvalue weighted by Crippen LogP contribution is 2.38. The van der Waals surface area contributed by atoms with Crippen molar-refractivity contribution in [2.45, 2.75) is 178 Å². The van der Waals surface area contributed by atoms with E-state index < -0.39 is 51.8 Å². The average Bonchev–Trinajstić information content (AvgIpc) is 3.91. The van der Waals surface area contributed by atoms with E-state index in [2.05, 4.69) is 31.7 Å². The number of ketones is 1. The molecule has 4 rings (SSSR count). The molecule has 0 spiro atoms. The molecule has 3 saturated heterocycles. The number of carbonyl (C=O) groups is 6. The van der Waals surface area contributed by atoms with E-state index in [4.69, 9.17) is 14.2 Å². The predicted octanol–water partition coefficient (Wildman–Crippen LogP) is 7.65. The third kappa shape index (κ3) is 18.7. The van der Waals surface area contributed by atoms with Crippen molar-refractivity contribution in [3.63, 3.8) is 0 Å². The molecule has 0 radical (unpaired) electrons. The minimum absolute atomic E-state index is 0.190. The van der Waals surface area contributed by atoms with Crippen LogP contribution in [0.1, 0.15) is 166 Å². The van der Waals surface area contributed by atoms with Gasteiger partial charge < -0.3 is 49.7 Å². The van der Waals surface area contributed by atoms with Gasteiger partial charge in [-0.15, -0.1) is 0 Å². The van der Waals surface area contributed by atoms with E-state index in [1.54, 1.807) is 53.4 Å². The Bertz CT molecular complexity index is 1490. The minimum Gasteiger partial charge on any atom is -0.549 e. The highest BCUT2D eigenvalue weighted by Gasteiger charge is 2.47. The first kappa shape index (κ1) is 56.6. The van der Waals surface area contributed by atoms with Gasteiger partial charge in [-0.25, -0.2) is 14.4 Å². The summed E-state index contributed by atoms with van der Waals surface area (Å²) in [6, 6.07) is 10.7. The van der Waals surface area contributed by atoms with Gasteiger partial charge in [-0.2, -0.15) is 0 Å². The number of carboxylic acids is 2. The lowest BCUT2D eigenvalue weighted by Crippen LogP contribution is -2.51. The van der Waals surface area contributed by atoms with Gasteiger partial charge in [0.1, 0.15) is 28.6 Å². The number of hydrogen-bond donors (Lipinski definition) is 2. The molecule has 0 bridgehead atoms. The molecule has 0 aliphatic carbocycles. The number of benzene rings is 1. The van der Waals surface area contributed by atoms with Crippen molar-refractivity contribution in [1.29, 1.82) is 0 Å². The highest BCUT2D eigenvalue weighted by molar-refractivity contribution is 5.84. The minimum atomic E-state index is -1.06. The number of carbonyl (C=O) groups excluding carboxylic acids is 5. The summed E-state index contributed by atoms with van der Waals surface area (Å²) in [5, 5.41) is 20.6. The molecule has 4 N–H and O–H groups in total. The molecule has 15 heteroatoms. The maximum absolute atomic E-state index is 12.0. The Hall–Kier alpha value is -4.40. The van der Waals surface area contributed by atoms with Gasteiger partial charge in [0.05, 0.1) is 5.41 Å². The first-order chi connectivity index (χ1) is 28.9. The molecule has 0 unspecified atom stereocenters. The van der Waals surface area contributed by atoms with Crippen LogP contribution < -0.4 is 10.8 Å². The Morgan fingerprint density at radius 1 is 0.635 bits per heavy atom. The molecule has 15 nitrogen and oxygen atoms in total. The second kappa shape index (κ2) is 24.0. The standard InChI is InChI=1S/C14H25NO3.2C13H23NO4.C8H11N/c1-6-7-14(11(2)16)8-9-15(10-14)12(17)18-13(3,4)5;2*1-5-6-13(10(15)16)7-8-14(9-13)11(17)18-12(2,3)4;1-7(9)8-5-3-2-4-6-8/h6-10H2,1-5H3;2*5-9H2,1-4H3,(H,15,16);2-7H,9H2,1H3/t14-;2*13-;7-/m0001/s1. The molecule has 3 fully saturated rings. The summed E-state index contributed by atoms with van der Waals surface area (Å²) < 4.78 is 15.9. The van der Waals surface area contributed by atoms with Crippen LogP contribution in [0.15, 0.2) is 30.3 Å². The van der Waals surface area contributed by atoms with Gasteiger partial charge in [0.15, 0.2) is 0 Å². The molecule has 3 heterocycles. The summed E-state index contributed by atoms with van der Waals surface area (Å²) in [7, 11) is 0. The molecular weight excluding hydrogens is 809 g/mol. The number of Topliss-reactive ketones (excluding diaryl/α,β-unsaturated/α-hetero) is 1. The number of likely N-dealkylation sites (tertiary alicyclic amines) is 3. The third-order valence-corrected chi connectivity index (χ3v) is 11.2. The van der Waals surface area contributed by atoms with Crippen molar-refractivity contribution in [3.8, 4) is 0 Å². The molecular formula is C48H82N4O11. The van der Waals surface area contributed by atoms with Gasteiger partial charge in [0, 0.05) is 61.6 Å². The Morgan fingerprint density at radius 2 is 0.952 bits per heavy atom. The molecule has 1 aromatic carbocycles. The van der Waals surface area contributed by atoms with Crippen molar-refractivity contribution in [1.82, 2.24) is 14.7 Å². The molecule has 0 saturated carbocycles. The molecule has 3 amide bonds. The second-order valence-electron chi connectivity index (χ2n) is 20.5. The number of hydrogen-bond acceptors (Lipinski definition) is 10. The molecule has 63 heavy (non-hydrogen) atoms. The second-order valence-corrected chi connectivity index (χ2v) is 20.5. The number of ether oxygens (including phenoxy) is 3. The van der Waals surface area contributed by atoms with E-state index in [1.165, 1.54) is 15.4 Å². The van der Waals surface area contributed by atoms with Crippen LogP contribution in [-0.2, 0) is 28.6 Å². The maximum atomic E-state index is 12.0. The molecule has 360 valence electrons. The predicted molar refractivity (Wildman–Crippen MR) is 240 cm³/mol. The first-order valence-electron chi connectivity index (χ1n) is 22.7. The van der Waals surface area contributed by atoms with Gasteiger partial charge >= 0.3 is 24.2 Å². The van der Waals surface area contributed by atoms with Gasteiger partial charge in [-0.05, 0) is 115 Å². The number of amides is 3. The maximum Gasteiger partial charge on any atom is 0.410 e. The zero-order chi connectivity index (χ0) is 48.6. The molecule has 4 atom stereocenters. The van der Waals surface area contributed by atoms with E-state index in [9.17, 15) is 39.0 Å². The fraction of sp³-hybridized carbons (Fsp3) is 0.750. The summed E-state index contributed by atoms with van der Waals surface area (Å²) in [5.74, 6) is -1.68. The Morgan fingerprint density at radius 3 is 1.25 bits per heavy atom. The lowest BCUT2D eigenvalue weighted by molar-refractivity contribution is -0.420. The topological polar surface area (TPSA) is 211 Å². The van der Waals surface area contributed by atoms with Crippen LogP contribution in [0.4, 0.5) is 14.4 Å². The van der Waals surface area contributed by atoms with Crippen LogP contribution in [0.25, 0.3) is 0 Å². The van der Waals surface area contributed by atoms with Crippen LogP contribution in [0.2, 0.25) is 0 Å². The summed E-state index contributed by atoms with van der Waals surface area (Å²) in [6.07, 6.45) is 5.06. The van der Waals surface area contributed by atoms with Crippen LogP contribution in [-0.4, -0.2) is 112 Å². The zero-order valence-corrected chi connectivity index (χ0v) is 41.1. The monoisotopic (exact) mass is 891 g/mol. The van der Waals surface area contributed by atoms with Crippen molar-refractivity contribution in [3.05, 3.63) is 35.9 Å². The summed E-state index contributed by atoms with van der Waals surface area (Å²) in [6.45, 7) is 28.5. The van der Waals surface area contributed by atoms with Gasteiger partial charge in [-0.3, -0.25) is 9.59 Å². The quantitative estimate of drug-likeness (QED) is 0.218. The highest BCUT2D eigenvalue weighted by atomic mass is 16.6. The van der Waals surface area contributed by atoms with E-state index in [1.807, 2.05) is 52.8 Å². The number of carboxylic acid groups (broad SMARTS) is 2. The number of aliphatic carboxylic acids is 2. The van der Waals surface area contributed by atoms with Crippen molar-refractivity contribution in [2.24, 2.45) is 16.2 Å². The fourth-order valence-corrected chi connectivity index (χ4v) is 7.91. The molecule has 0 aromatic heterocycles. The largest absolute Gasteiger partial charge is 0.549 e. The normalized spacial score (nSPS) is 22.6. The first-order valence-corrected chi connectivity index (χ1v) is 22.7. The van der Waals surface area contributed by atoms with Crippen molar-refractivity contribution >= 4 is 36.0 Å². The average molecular weight is 891 g/mol. The molecule has 3 aliphatic heterocycles. The van der Waals surface area contributed by atoms with Crippen molar-refractivity contribution in [2.75, 3.05) is 39.3 Å². The van der Waals surface area contributed by atoms with Crippen LogP contribution in [0.3, 0.4) is 0 Å². The summed E-state index contributed by atoms with van der Waals surface area (Å²) in [4.78, 5) is 74.9. The lowest BCUT2D eigenvalue weighted by atomic mass is 9.79. The third-order valence-electron chi connectivity index (χ3n) is 11.2. The van der Waals surface area contributed by atoms with E-state index >= 15 is 0 Å². The van der Waals surface area contributed by atoms with E-state index in [0.29, 0.717) is 57.9 Å². The zero-order valence-electron chi connectivity index (χ0n) is 41.1. The number of nitrogens with zero attached hydrogens (tertiary/aromatic N) is 3. The summed E-state index contributed by atoms with van der Waals surface area (Å²) >= 11 is 0. The number of rotatable bonds is 10. The van der Waals surface area contributed by atoms with Gasteiger partial charge in [0.2, 0.25) is 0 Å². The number of quaternary nitrogens is 1. The van der Waals surface area contributed by atoms with Crippen LogP contribution in [0.5, 0.6) is 0 Å². The molecule has 3 aliphatic rings. The fourth-order valence-electron chi connectivity index (χ4n) is 7.91. The van der Waals surface area contributed by atoms with E-state index in [-0.39, 0.29) is 30.4 Å². The SMILES string of the molecule is CCC[C@]1(C(=O)O)CCN(C(=O)OC(C)(C)C)C1.CCC[C@]1(C(=O)[O-])CCN(C(=O)OC(C)(C)C)C1.CCC[C@]1(C(C)=O)CCN(C(=O)OC(C)(C)C)C1.C[C@@H]([NH3+])c1ccccc1. The van der Waals surface area contributed by atoms with Gasteiger partial charge in [0.25, 0.3) is 0 Å². The van der Waals surface area contributed by atoms with Gasteiger partial charge in [-0.1, -0.05) is 70.4 Å². The Kier molecular flexibility index (Phi) is 21.6. The summed E-state index contributed by atoms with van der Waals surface area (Å²) in [5.41, 5.74) is 1.60. The van der Waals surface area contributed by atoms with Crippen molar-refractivity contribution < 1.29 is 58.9 Å².